The van der Waals surface area contributed by atoms with E-state index in [1.807, 2.05) is 7.11 Å². The van der Waals surface area contributed by atoms with Crippen LogP contribution in [0.3, 0.4) is 0 Å². The van der Waals surface area contributed by atoms with Gasteiger partial charge in [0.1, 0.15) is 0 Å². The number of hydrogen-bond donors (Lipinski definition) is 1. The minimum Gasteiger partial charge on any atom is -0.377 e. The van der Waals surface area contributed by atoms with E-state index in [1.165, 1.54) is 57.8 Å². The van der Waals surface area contributed by atoms with Gasteiger partial charge in [-0.15, -0.1) is 0 Å². The molecule has 19 heavy (non-hydrogen) atoms. The Morgan fingerprint density at radius 3 is 2.42 bits per heavy atom. The van der Waals surface area contributed by atoms with Gasteiger partial charge in [0.15, 0.2) is 0 Å². The van der Waals surface area contributed by atoms with Crippen LogP contribution < -0.4 is 5.32 Å². The summed E-state index contributed by atoms with van der Waals surface area (Å²) >= 11 is 0. The lowest BCUT2D eigenvalue weighted by atomic mass is 9.74. The zero-order chi connectivity index (χ0) is 13.7. The van der Waals surface area contributed by atoms with E-state index >= 15 is 0 Å². The van der Waals surface area contributed by atoms with Gasteiger partial charge in [0, 0.05) is 13.2 Å². The first-order valence-corrected chi connectivity index (χ1v) is 8.48. The van der Waals surface area contributed by atoms with Crippen LogP contribution in [0, 0.1) is 11.8 Å². The second kappa shape index (κ2) is 7.08. The lowest BCUT2D eigenvalue weighted by molar-refractivity contribution is -0.0770. The molecule has 0 aromatic heterocycles. The van der Waals surface area contributed by atoms with Gasteiger partial charge in [-0.3, -0.25) is 0 Å². The second-order valence-electron chi connectivity index (χ2n) is 6.98. The SMILES string of the molecule is CCCNC(CCC1CC1)C1(OC)CCC(C)CC1. The third-order valence-corrected chi connectivity index (χ3v) is 5.36. The molecule has 2 aliphatic rings. The Morgan fingerprint density at radius 1 is 1.21 bits per heavy atom. The van der Waals surface area contributed by atoms with E-state index in [9.17, 15) is 0 Å². The van der Waals surface area contributed by atoms with Crippen molar-refractivity contribution in [1.29, 1.82) is 0 Å². The average Bonchev–Trinajstić information content (AvgIpc) is 3.25. The van der Waals surface area contributed by atoms with Gasteiger partial charge >= 0.3 is 0 Å². The Morgan fingerprint density at radius 2 is 1.89 bits per heavy atom. The number of methoxy groups -OCH3 is 1. The first kappa shape index (κ1) is 15.3. The minimum absolute atomic E-state index is 0.122. The van der Waals surface area contributed by atoms with Crippen LogP contribution in [0.5, 0.6) is 0 Å². The Bertz CT molecular complexity index is 254. The molecule has 0 bridgehead atoms. The second-order valence-corrected chi connectivity index (χ2v) is 6.98. The highest BCUT2D eigenvalue weighted by atomic mass is 16.5. The lowest BCUT2D eigenvalue weighted by Crippen LogP contribution is -2.54. The first-order chi connectivity index (χ1) is 9.20. The van der Waals surface area contributed by atoms with Crippen molar-refractivity contribution in [2.24, 2.45) is 11.8 Å². The summed E-state index contributed by atoms with van der Waals surface area (Å²) in [5.41, 5.74) is 0.122. The number of ether oxygens (including phenoxy) is 1. The zero-order valence-corrected chi connectivity index (χ0v) is 13.2. The maximum absolute atomic E-state index is 6.08. The van der Waals surface area contributed by atoms with Gasteiger partial charge in [0.05, 0.1) is 5.60 Å². The van der Waals surface area contributed by atoms with E-state index in [1.54, 1.807) is 0 Å². The van der Waals surface area contributed by atoms with Crippen molar-refractivity contribution < 1.29 is 4.74 Å². The number of nitrogens with one attached hydrogen (secondary N) is 1. The van der Waals surface area contributed by atoms with Gasteiger partial charge in [-0.2, -0.15) is 0 Å². The average molecular weight is 267 g/mol. The van der Waals surface area contributed by atoms with Gasteiger partial charge in [0.25, 0.3) is 0 Å². The van der Waals surface area contributed by atoms with E-state index < -0.39 is 0 Å². The Kier molecular flexibility index (Phi) is 5.70. The summed E-state index contributed by atoms with van der Waals surface area (Å²) in [5, 5.41) is 3.80. The molecular weight excluding hydrogens is 234 g/mol. The third kappa shape index (κ3) is 4.19. The number of hydrogen-bond acceptors (Lipinski definition) is 2. The smallest absolute Gasteiger partial charge is 0.0831 e. The minimum atomic E-state index is 0.122. The molecule has 0 saturated heterocycles. The van der Waals surface area contributed by atoms with Gasteiger partial charge in [-0.1, -0.05) is 26.7 Å². The van der Waals surface area contributed by atoms with Crippen molar-refractivity contribution in [2.75, 3.05) is 13.7 Å². The van der Waals surface area contributed by atoms with E-state index in [-0.39, 0.29) is 5.60 Å². The fraction of sp³-hybridized carbons (Fsp3) is 1.00. The molecule has 0 aromatic rings. The van der Waals surface area contributed by atoms with Crippen LogP contribution in [-0.2, 0) is 4.74 Å². The molecule has 2 heteroatoms. The molecule has 0 amide bonds. The van der Waals surface area contributed by atoms with Crippen LogP contribution in [-0.4, -0.2) is 25.3 Å². The van der Waals surface area contributed by atoms with Gasteiger partial charge in [0.2, 0.25) is 0 Å². The molecule has 2 nitrogen and oxygen atoms in total. The van der Waals surface area contributed by atoms with Gasteiger partial charge in [-0.05, 0) is 63.3 Å². The molecule has 1 unspecified atom stereocenters. The molecule has 112 valence electrons. The Labute approximate surface area is 119 Å². The highest BCUT2D eigenvalue weighted by molar-refractivity contribution is 4.97. The topological polar surface area (TPSA) is 21.3 Å². The zero-order valence-electron chi connectivity index (χ0n) is 13.2. The molecule has 0 radical (unpaired) electrons. The van der Waals surface area contributed by atoms with E-state index in [0.717, 1.165) is 18.4 Å². The molecule has 2 aliphatic carbocycles. The molecule has 2 fully saturated rings. The van der Waals surface area contributed by atoms with E-state index in [4.69, 9.17) is 4.74 Å². The molecule has 1 atom stereocenters. The lowest BCUT2D eigenvalue weighted by Gasteiger charge is -2.44. The normalized spacial score (nSPS) is 33.3. The summed E-state index contributed by atoms with van der Waals surface area (Å²) in [6.07, 6.45) is 12.0. The molecule has 1 N–H and O–H groups in total. The summed E-state index contributed by atoms with van der Waals surface area (Å²) in [4.78, 5) is 0. The van der Waals surface area contributed by atoms with Crippen molar-refractivity contribution in [3.8, 4) is 0 Å². The standard InChI is InChI=1S/C17H33NO/c1-4-13-18-16(8-7-15-5-6-15)17(19-3)11-9-14(2)10-12-17/h14-16,18H,4-13H2,1-3H3. The van der Waals surface area contributed by atoms with Crippen molar-refractivity contribution in [1.82, 2.24) is 5.32 Å². The molecule has 0 spiro atoms. The summed E-state index contributed by atoms with van der Waals surface area (Å²) in [7, 11) is 1.94. The molecule has 0 heterocycles. The van der Waals surface area contributed by atoms with Crippen molar-refractivity contribution in [3.05, 3.63) is 0 Å². The predicted molar refractivity (Wildman–Crippen MR) is 81.4 cm³/mol. The van der Waals surface area contributed by atoms with Crippen LogP contribution >= 0.6 is 0 Å². The fourth-order valence-corrected chi connectivity index (χ4v) is 3.62. The van der Waals surface area contributed by atoms with Crippen LogP contribution in [0.4, 0.5) is 0 Å². The van der Waals surface area contributed by atoms with Crippen molar-refractivity contribution in [3.63, 3.8) is 0 Å². The fourth-order valence-electron chi connectivity index (χ4n) is 3.62. The largest absolute Gasteiger partial charge is 0.377 e. The highest BCUT2D eigenvalue weighted by Crippen LogP contribution is 2.40. The Hall–Kier alpha value is -0.0800. The summed E-state index contributed by atoms with van der Waals surface area (Å²) in [6.45, 7) is 5.78. The Balaban J connectivity index is 1.94. The molecule has 0 aromatic carbocycles. The van der Waals surface area contributed by atoms with Crippen molar-refractivity contribution in [2.45, 2.75) is 83.3 Å². The first-order valence-electron chi connectivity index (χ1n) is 8.48. The molecule has 2 saturated carbocycles. The highest BCUT2D eigenvalue weighted by Gasteiger charge is 2.41. The van der Waals surface area contributed by atoms with Crippen LogP contribution in [0.15, 0.2) is 0 Å². The van der Waals surface area contributed by atoms with E-state index in [2.05, 4.69) is 19.2 Å². The van der Waals surface area contributed by atoms with Crippen LogP contribution in [0.25, 0.3) is 0 Å². The number of rotatable bonds is 8. The molecule has 0 aliphatic heterocycles. The summed E-state index contributed by atoms with van der Waals surface area (Å²) < 4.78 is 6.08. The monoisotopic (exact) mass is 267 g/mol. The third-order valence-electron chi connectivity index (χ3n) is 5.36. The quantitative estimate of drug-likeness (QED) is 0.713. The van der Waals surface area contributed by atoms with E-state index in [0.29, 0.717) is 6.04 Å². The summed E-state index contributed by atoms with van der Waals surface area (Å²) in [5.74, 6) is 1.92. The predicted octanol–water partition coefficient (Wildman–Crippen LogP) is 4.14. The van der Waals surface area contributed by atoms with Crippen LogP contribution in [0.1, 0.15) is 71.6 Å². The summed E-state index contributed by atoms with van der Waals surface area (Å²) in [6, 6.07) is 0.575. The molecular formula is C17H33NO. The van der Waals surface area contributed by atoms with Gasteiger partial charge < -0.3 is 10.1 Å². The molecule has 2 rings (SSSR count). The van der Waals surface area contributed by atoms with Gasteiger partial charge in [-0.25, -0.2) is 0 Å². The van der Waals surface area contributed by atoms with Crippen LogP contribution in [0.2, 0.25) is 0 Å². The maximum Gasteiger partial charge on any atom is 0.0831 e. The van der Waals surface area contributed by atoms with Crippen molar-refractivity contribution >= 4 is 0 Å². The maximum atomic E-state index is 6.08.